The number of rotatable bonds is 9. The fourth-order valence-corrected chi connectivity index (χ4v) is 1.86. The maximum atomic E-state index is 11.9. The summed E-state index contributed by atoms with van der Waals surface area (Å²) in [5, 5.41) is 11.5. The van der Waals surface area contributed by atoms with Crippen molar-refractivity contribution in [3.8, 4) is 5.75 Å². The van der Waals surface area contributed by atoms with Gasteiger partial charge in [0.05, 0.1) is 20.2 Å². The lowest BCUT2D eigenvalue weighted by Gasteiger charge is -2.18. The van der Waals surface area contributed by atoms with Gasteiger partial charge < -0.3 is 15.2 Å². The quantitative estimate of drug-likeness (QED) is 0.661. The number of amides is 1. The molecule has 0 aromatic heterocycles. The van der Waals surface area contributed by atoms with E-state index in [-0.39, 0.29) is 19.0 Å². The number of aliphatic carboxylic acids is 1. The Morgan fingerprint density at radius 3 is 2.71 bits per heavy atom. The van der Waals surface area contributed by atoms with E-state index in [0.717, 1.165) is 5.56 Å². The molecule has 21 heavy (non-hydrogen) atoms. The Balaban J connectivity index is 2.52. The molecule has 0 aliphatic rings. The van der Waals surface area contributed by atoms with Gasteiger partial charge in [-0.15, -0.1) is 6.58 Å². The zero-order chi connectivity index (χ0) is 15.7. The molecule has 0 bridgehead atoms. The molecule has 0 aliphatic heterocycles. The second kappa shape index (κ2) is 8.76. The minimum atomic E-state index is -0.977. The number of hydrogen-bond donors (Lipinski definition) is 2. The second-order valence-electron chi connectivity index (χ2n) is 4.44. The van der Waals surface area contributed by atoms with E-state index in [1.54, 1.807) is 13.2 Å². The molecule has 0 heterocycles. The third kappa shape index (κ3) is 6.09. The van der Waals surface area contributed by atoms with Crippen molar-refractivity contribution >= 4 is 11.9 Å². The normalized spacial score (nSPS) is 10.2. The van der Waals surface area contributed by atoms with Crippen molar-refractivity contribution in [3.05, 3.63) is 42.5 Å². The number of hydrogen-bond acceptors (Lipinski definition) is 4. The van der Waals surface area contributed by atoms with Gasteiger partial charge in [0.2, 0.25) is 5.91 Å². The van der Waals surface area contributed by atoms with Crippen molar-refractivity contribution in [2.24, 2.45) is 0 Å². The lowest BCUT2D eigenvalue weighted by atomic mass is 10.2. The van der Waals surface area contributed by atoms with Crippen LogP contribution < -0.4 is 10.1 Å². The molecule has 1 aromatic rings. The van der Waals surface area contributed by atoms with Crippen LogP contribution in [0.25, 0.3) is 0 Å². The molecule has 1 aromatic carbocycles. The highest BCUT2D eigenvalue weighted by molar-refractivity contribution is 5.79. The van der Waals surface area contributed by atoms with Gasteiger partial charge in [0.1, 0.15) is 5.75 Å². The molecule has 0 atom stereocenters. The number of para-hydroxylation sites is 1. The highest BCUT2D eigenvalue weighted by Crippen LogP contribution is 2.16. The molecule has 0 spiro atoms. The number of methoxy groups -OCH3 is 1. The smallest absolute Gasteiger partial charge is 0.317 e. The minimum Gasteiger partial charge on any atom is -0.496 e. The number of ether oxygens (including phenoxy) is 1. The van der Waals surface area contributed by atoms with Crippen LogP contribution in [0, 0.1) is 0 Å². The van der Waals surface area contributed by atoms with Crippen LogP contribution >= 0.6 is 0 Å². The fourth-order valence-electron chi connectivity index (χ4n) is 1.86. The minimum absolute atomic E-state index is 0.00741. The monoisotopic (exact) mass is 292 g/mol. The van der Waals surface area contributed by atoms with E-state index >= 15 is 0 Å². The van der Waals surface area contributed by atoms with Gasteiger partial charge in [-0.1, -0.05) is 24.3 Å². The molecule has 114 valence electrons. The third-order valence-corrected chi connectivity index (χ3v) is 2.78. The average molecular weight is 292 g/mol. The van der Waals surface area contributed by atoms with Crippen LogP contribution in [-0.2, 0) is 16.1 Å². The van der Waals surface area contributed by atoms with Gasteiger partial charge in [0, 0.05) is 18.7 Å². The first-order valence-electron chi connectivity index (χ1n) is 6.50. The number of nitrogens with one attached hydrogen (secondary N) is 1. The highest BCUT2D eigenvalue weighted by atomic mass is 16.5. The summed E-state index contributed by atoms with van der Waals surface area (Å²) in [7, 11) is 1.57. The van der Waals surface area contributed by atoms with Crippen LogP contribution in [0.15, 0.2) is 36.9 Å². The first kappa shape index (κ1) is 16.7. The van der Waals surface area contributed by atoms with Crippen molar-refractivity contribution in [3.63, 3.8) is 0 Å². The first-order valence-corrected chi connectivity index (χ1v) is 6.50. The van der Waals surface area contributed by atoms with Gasteiger partial charge in [0.25, 0.3) is 0 Å². The summed E-state index contributed by atoms with van der Waals surface area (Å²) < 4.78 is 5.20. The molecule has 0 saturated carbocycles. The van der Waals surface area contributed by atoms with Gasteiger partial charge in [-0.2, -0.15) is 0 Å². The molecule has 0 aliphatic carbocycles. The number of carbonyl (C=O) groups is 2. The summed E-state index contributed by atoms with van der Waals surface area (Å²) in [6.07, 6.45) is 1.57. The molecule has 0 saturated heterocycles. The van der Waals surface area contributed by atoms with Gasteiger partial charge in [-0.3, -0.25) is 14.5 Å². The molecule has 1 rings (SSSR count). The molecule has 6 heteroatoms. The summed E-state index contributed by atoms with van der Waals surface area (Å²) in [4.78, 5) is 24.1. The molecule has 0 radical (unpaired) electrons. The third-order valence-electron chi connectivity index (χ3n) is 2.78. The lowest BCUT2D eigenvalue weighted by molar-refractivity contribution is -0.138. The Hall–Kier alpha value is -2.34. The summed E-state index contributed by atoms with van der Waals surface area (Å²) in [6.45, 7) is 4.03. The van der Waals surface area contributed by atoms with E-state index in [9.17, 15) is 9.59 Å². The molecule has 6 nitrogen and oxygen atoms in total. The molecule has 0 unspecified atom stereocenters. The lowest BCUT2D eigenvalue weighted by Crippen LogP contribution is -2.39. The molecular formula is C15H20N2O4. The van der Waals surface area contributed by atoms with Crippen LogP contribution in [0.4, 0.5) is 0 Å². The van der Waals surface area contributed by atoms with Crippen molar-refractivity contribution < 1.29 is 19.4 Å². The average Bonchev–Trinajstić information content (AvgIpc) is 2.45. The highest BCUT2D eigenvalue weighted by Gasteiger charge is 2.13. The van der Waals surface area contributed by atoms with Gasteiger partial charge in [-0.25, -0.2) is 0 Å². The van der Waals surface area contributed by atoms with E-state index in [4.69, 9.17) is 9.84 Å². The predicted octanol–water partition coefficient (Wildman–Crippen LogP) is 0.884. The summed E-state index contributed by atoms with van der Waals surface area (Å²) in [6, 6.07) is 7.38. The predicted molar refractivity (Wildman–Crippen MR) is 79.1 cm³/mol. The standard InChI is InChI=1S/C15H20N2O4/c1-3-8-17(11-15(19)20)10-14(18)16-9-12-6-4-5-7-13(12)21-2/h3-7H,1,8-11H2,2H3,(H,16,18)(H,19,20). The zero-order valence-electron chi connectivity index (χ0n) is 12.0. The van der Waals surface area contributed by atoms with E-state index in [1.165, 1.54) is 4.90 Å². The van der Waals surface area contributed by atoms with Crippen LogP contribution in [0.2, 0.25) is 0 Å². The van der Waals surface area contributed by atoms with Crippen LogP contribution in [0.5, 0.6) is 5.75 Å². The van der Waals surface area contributed by atoms with Crippen LogP contribution in [-0.4, -0.2) is 48.6 Å². The van der Waals surface area contributed by atoms with E-state index in [0.29, 0.717) is 18.8 Å². The van der Waals surface area contributed by atoms with Gasteiger partial charge >= 0.3 is 5.97 Å². The van der Waals surface area contributed by atoms with Crippen molar-refractivity contribution in [2.75, 3.05) is 26.7 Å². The number of benzene rings is 1. The largest absolute Gasteiger partial charge is 0.496 e. The maximum absolute atomic E-state index is 11.9. The first-order chi connectivity index (χ1) is 10.1. The molecule has 1 amide bonds. The summed E-state index contributed by atoms with van der Waals surface area (Å²) in [5.74, 6) is -0.523. The molecular weight excluding hydrogens is 272 g/mol. The van der Waals surface area contributed by atoms with E-state index in [2.05, 4.69) is 11.9 Å². The number of carboxylic acids is 1. The van der Waals surface area contributed by atoms with Crippen molar-refractivity contribution in [1.82, 2.24) is 10.2 Å². The molecule has 2 N–H and O–H groups in total. The Kier molecular flexibility index (Phi) is 6.97. The Labute approximate surface area is 124 Å². The summed E-state index contributed by atoms with van der Waals surface area (Å²) in [5.41, 5.74) is 0.863. The van der Waals surface area contributed by atoms with Gasteiger partial charge in [0.15, 0.2) is 0 Å². The van der Waals surface area contributed by atoms with Crippen LogP contribution in [0.3, 0.4) is 0 Å². The molecule has 0 fully saturated rings. The van der Waals surface area contributed by atoms with E-state index in [1.807, 2.05) is 24.3 Å². The van der Waals surface area contributed by atoms with Crippen molar-refractivity contribution in [1.29, 1.82) is 0 Å². The maximum Gasteiger partial charge on any atom is 0.317 e. The Bertz CT molecular complexity index is 502. The zero-order valence-corrected chi connectivity index (χ0v) is 12.0. The van der Waals surface area contributed by atoms with Crippen molar-refractivity contribution in [2.45, 2.75) is 6.54 Å². The number of nitrogens with zero attached hydrogens (tertiary/aromatic N) is 1. The second-order valence-corrected chi connectivity index (χ2v) is 4.44. The van der Waals surface area contributed by atoms with Crippen LogP contribution in [0.1, 0.15) is 5.56 Å². The Morgan fingerprint density at radius 1 is 1.38 bits per heavy atom. The van der Waals surface area contributed by atoms with Gasteiger partial charge in [-0.05, 0) is 6.07 Å². The fraction of sp³-hybridized carbons (Fsp3) is 0.333. The summed E-state index contributed by atoms with van der Waals surface area (Å²) >= 11 is 0. The number of carboxylic acid groups (broad SMARTS) is 1. The number of carbonyl (C=O) groups excluding carboxylic acids is 1. The SMILES string of the molecule is C=CCN(CC(=O)O)CC(=O)NCc1ccccc1OC. The van der Waals surface area contributed by atoms with E-state index < -0.39 is 5.97 Å². The topological polar surface area (TPSA) is 78.9 Å². The Morgan fingerprint density at radius 2 is 2.10 bits per heavy atom.